The van der Waals surface area contributed by atoms with Crippen molar-refractivity contribution in [2.75, 3.05) is 12.0 Å². The third kappa shape index (κ3) is 3.49. The summed E-state index contributed by atoms with van der Waals surface area (Å²) in [4.78, 5) is 26.2. The Morgan fingerprint density at radius 3 is 2.75 bits per heavy atom. The van der Waals surface area contributed by atoms with Crippen molar-refractivity contribution in [1.29, 1.82) is 0 Å². The Morgan fingerprint density at radius 1 is 1.56 bits per heavy atom. The number of aryl methyl sites for hydroxylation is 1. The first-order valence-corrected chi connectivity index (χ1v) is 6.71. The minimum atomic E-state index is -0.975. The first-order chi connectivity index (χ1) is 7.54. The van der Waals surface area contributed by atoms with E-state index in [0.717, 1.165) is 11.3 Å². The Hall–Kier alpha value is -1.08. The lowest BCUT2D eigenvalue weighted by Gasteiger charge is -1.99. The number of nitrogens with zero attached hydrogens (tertiary/aromatic N) is 1. The molecule has 0 aliphatic carbocycles. The van der Waals surface area contributed by atoms with Crippen LogP contribution in [0.3, 0.4) is 0 Å². The zero-order chi connectivity index (χ0) is 12.1. The largest absolute Gasteiger partial charge is 0.477 e. The van der Waals surface area contributed by atoms with E-state index in [2.05, 4.69) is 10.3 Å². The van der Waals surface area contributed by atoms with Crippen LogP contribution in [-0.2, 0) is 11.3 Å². The smallest absolute Gasteiger partial charge is 0.347 e. The van der Waals surface area contributed by atoms with Gasteiger partial charge in [-0.1, -0.05) is 0 Å². The number of aromatic carboxylic acids is 1. The quantitative estimate of drug-likeness (QED) is 0.829. The van der Waals surface area contributed by atoms with Crippen LogP contribution in [0.5, 0.6) is 0 Å². The summed E-state index contributed by atoms with van der Waals surface area (Å²) in [6, 6.07) is 0. The second kappa shape index (κ2) is 5.86. The van der Waals surface area contributed by atoms with Crippen molar-refractivity contribution >= 4 is 35.0 Å². The fourth-order valence-corrected chi connectivity index (χ4v) is 2.29. The Balaban J connectivity index is 2.58. The van der Waals surface area contributed by atoms with E-state index < -0.39 is 5.97 Å². The van der Waals surface area contributed by atoms with Crippen molar-refractivity contribution in [2.24, 2.45) is 0 Å². The molecule has 7 heteroatoms. The highest BCUT2D eigenvalue weighted by molar-refractivity contribution is 7.99. The van der Waals surface area contributed by atoms with Gasteiger partial charge in [0.2, 0.25) is 5.91 Å². The van der Waals surface area contributed by atoms with E-state index in [1.165, 1.54) is 11.8 Å². The molecular weight excluding hydrogens is 248 g/mol. The van der Waals surface area contributed by atoms with Crippen molar-refractivity contribution < 1.29 is 14.7 Å². The van der Waals surface area contributed by atoms with Gasteiger partial charge in [0.15, 0.2) is 0 Å². The normalized spacial score (nSPS) is 10.1. The minimum absolute atomic E-state index is 0.0720. The van der Waals surface area contributed by atoms with Crippen molar-refractivity contribution in [3.63, 3.8) is 0 Å². The first-order valence-electron chi connectivity index (χ1n) is 4.49. The molecule has 16 heavy (non-hydrogen) atoms. The fourth-order valence-electron chi connectivity index (χ4n) is 1.08. The highest BCUT2D eigenvalue weighted by atomic mass is 32.2. The number of nitrogens with one attached hydrogen (secondary N) is 1. The van der Waals surface area contributed by atoms with Crippen LogP contribution < -0.4 is 5.32 Å². The molecule has 0 atom stereocenters. The topological polar surface area (TPSA) is 79.3 Å². The summed E-state index contributed by atoms with van der Waals surface area (Å²) in [5, 5.41) is 12.1. The lowest BCUT2D eigenvalue weighted by molar-refractivity contribution is -0.118. The molecule has 0 fully saturated rings. The SMILES string of the molecule is CSCC(=O)NCc1nc(C)c(C(=O)O)s1. The Labute approximate surface area is 101 Å². The number of aromatic nitrogens is 1. The predicted octanol–water partition coefficient (Wildman–Crippen LogP) is 1.13. The molecule has 0 saturated heterocycles. The third-order valence-corrected chi connectivity index (χ3v) is 3.44. The van der Waals surface area contributed by atoms with Crippen LogP contribution in [0.1, 0.15) is 20.4 Å². The molecule has 1 rings (SSSR count). The number of carboxylic acids is 1. The maximum Gasteiger partial charge on any atom is 0.347 e. The number of hydrogen-bond donors (Lipinski definition) is 2. The second-order valence-corrected chi connectivity index (χ2v) is 4.99. The minimum Gasteiger partial charge on any atom is -0.477 e. The molecule has 0 radical (unpaired) electrons. The van der Waals surface area contributed by atoms with E-state index in [9.17, 15) is 9.59 Å². The molecule has 5 nitrogen and oxygen atoms in total. The van der Waals surface area contributed by atoms with Crippen LogP contribution in [0.2, 0.25) is 0 Å². The van der Waals surface area contributed by atoms with Gasteiger partial charge in [-0.25, -0.2) is 9.78 Å². The van der Waals surface area contributed by atoms with Crippen molar-refractivity contribution in [3.05, 3.63) is 15.6 Å². The van der Waals surface area contributed by atoms with Crippen LogP contribution in [0.4, 0.5) is 0 Å². The lowest BCUT2D eigenvalue weighted by Crippen LogP contribution is -2.24. The van der Waals surface area contributed by atoms with Gasteiger partial charge in [0.1, 0.15) is 9.88 Å². The summed E-state index contributed by atoms with van der Waals surface area (Å²) >= 11 is 2.53. The van der Waals surface area contributed by atoms with Crippen molar-refractivity contribution in [3.8, 4) is 0 Å². The van der Waals surface area contributed by atoms with Gasteiger partial charge < -0.3 is 10.4 Å². The first kappa shape index (κ1) is 13.0. The standard InChI is InChI=1S/C9H12N2O3S2/c1-5-8(9(13)14)16-7(11-5)3-10-6(12)4-15-2/h3-4H2,1-2H3,(H,10,12)(H,13,14). The van der Waals surface area contributed by atoms with E-state index in [1.807, 2.05) is 6.26 Å². The number of carboxylic acid groups (broad SMARTS) is 1. The average molecular weight is 260 g/mol. The molecule has 0 aliphatic rings. The number of hydrogen-bond acceptors (Lipinski definition) is 5. The monoisotopic (exact) mass is 260 g/mol. The highest BCUT2D eigenvalue weighted by Crippen LogP contribution is 2.17. The molecule has 1 amide bonds. The number of amides is 1. The molecule has 0 saturated carbocycles. The highest BCUT2D eigenvalue weighted by Gasteiger charge is 2.13. The summed E-state index contributed by atoms with van der Waals surface area (Å²) < 4.78 is 0. The van der Waals surface area contributed by atoms with Crippen LogP contribution in [0.25, 0.3) is 0 Å². The number of rotatable bonds is 5. The third-order valence-electron chi connectivity index (χ3n) is 1.75. The van der Waals surface area contributed by atoms with E-state index >= 15 is 0 Å². The Morgan fingerprint density at radius 2 is 2.25 bits per heavy atom. The van der Waals surface area contributed by atoms with Gasteiger partial charge in [0.25, 0.3) is 0 Å². The summed E-state index contributed by atoms with van der Waals surface area (Å²) in [6.45, 7) is 1.94. The van der Waals surface area contributed by atoms with Crippen molar-refractivity contribution in [2.45, 2.75) is 13.5 Å². The molecule has 0 aliphatic heterocycles. The van der Waals surface area contributed by atoms with Gasteiger partial charge in [-0.2, -0.15) is 11.8 Å². The van der Waals surface area contributed by atoms with Gasteiger partial charge in [-0.15, -0.1) is 11.3 Å². The van der Waals surface area contributed by atoms with Gasteiger partial charge in [0, 0.05) is 0 Å². The zero-order valence-corrected chi connectivity index (χ0v) is 10.6. The summed E-state index contributed by atoms with van der Waals surface area (Å²) in [5.74, 6) is -0.648. The van der Waals surface area contributed by atoms with Crippen molar-refractivity contribution in [1.82, 2.24) is 10.3 Å². The summed E-state index contributed by atoms with van der Waals surface area (Å²) in [7, 11) is 0. The van der Waals surface area contributed by atoms with Crippen LogP contribution in [-0.4, -0.2) is 34.0 Å². The van der Waals surface area contributed by atoms with E-state index in [1.54, 1.807) is 6.92 Å². The fraction of sp³-hybridized carbons (Fsp3) is 0.444. The average Bonchev–Trinajstić information content (AvgIpc) is 2.57. The molecule has 0 unspecified atom stereocenters. The zero-order valence-electron chi connectivity index (χ0n) is 8.94. The molecule has 1 heterocycles. The number of thiazole rings is 1. The second-order valence-electron chi connectivity index (χ2n) is 3.04. The molecule has 0 spiro atoms. The van der Waals surface area contributed by atoms with E-state index in [4.69, 9.17) is 5.11 Å². The summed E-state index contributed by atoms with van der Waals surface area (Å²) in [6.07, 6.45) is 1.84. The van der Waals surface area contributed by atoms with Crippen LogP contribution in [0.15, 0.2) is 0 Å². The molecule has 0 bridgehead atoms. The van der Waals surface area contributed by atoms with E-state index in [-0.39, 0.29) is 17.3 Å². The molecule has 2 N–H and O–H groups in total. The Kier molecular flexibility index (Phi) is 4.75. The van der Waals surface area contributed by atoms with Crippen LogP contribution in [0, 0.1) is 6.92 Å². The molecule has 88 valence electrons. The predicted molar refractivity (Wildman–Crippen MR) is 64.0 cm³/mol. The Bertz CT molecular complexity index is 403. The van der Waals surface area contributed by atoms with E-state index in [0.29, 0.717) is 16.5 Å². The molecule has 1 aromatic heterocycles. The van der Waals surface area contributed by atoms with Gasteiger partial charge >= 0.3 is 5.97 Å². The van der Waals surface area contributed by atoms with Crippen LogP contribution >= 0.6 is 23.1 Å². The number of carbonyl (C=O) groups excluding carboxylic acids is 1. The van der Waals surface area contributed by atoms with Gasteiger partial charge in [-0.05, 0) is 13.2 Å². The van der Waals surface area contributed by atoms with Gasteiger partial charge in [-0.3, -0.25) is 4.79 Å². The van der Waals surface area contributed by atoms with Gasteiger partial charge in [0.05, 0.1) is 18.0 Å². The summed E-state index contributed by atoms with van der Waals surface area (Å²) in [5.41, 5.74) is 0.492. The number of carbonyl (C=O) groups is 2. The molecule has 0 aromatic carbocycles. The molecular formula is C9H12N2O3S2. The lowest BCUT2D eigenvalue weighted by atomic mass is 10.4. The molecule has 1 aromatic rings. The maximum absolute atomic E-state index is 11.2. The maximum atomic E-state index is 11.2. The number of thioether (sulfide) groups is 1.